The maximum Gasteiger partial charge on any atom is 0.168 e. The van der Waals surface area contributed by atoms with E-state index in [0.29, 0.717) is 36.2 Å². The first-order chi connectivity index (χ1) is 12.3. The van der Waals surface area contributed by atoms with Gasteiger partial charge in [0.2, 0.25) is 0 Å². The second kappa shape index (κ2) is 7.16. The van der Waals surface area contributed by atoms with E-state index >= 15 is 0 Å². The molecular formula is C22H24N2O2. The average Bonchev–Trinajstić information content (AvgIpc) is 2.56. The minimum atomic E-state index is -0.180. The van der Waals surface area contributed by atoms with Crippen molar-refractivity contribution in [3.8, 4) is 0 Å². The second-order valence-corrected chi connectivity index (χ2v) is 7.58. The first-order valence-electron chi connectivity index (χ1n) is 8.77. The van der Waals surface area contributed by atoms with Crippen molar-refractivity contribution < 1.29 is 9.90 Å². The molecule has 0 atom stereocenters. The fourth-order valence-electron chi connectivity index (χ4n) is 3.29. The van der Waals surface area contributed by atoms with Crippen LogP contribution in [0.25, 0.3) is 0 Å². The van der Waals surface area contributed by atoms with Crippen molar-refractivity contribution in [2.24, 2.45) is 10.4 Å². The highest BCUT2D eigenvalue weighted by Gasteiger charge is 2.36. The van der Waals surface area contributed by atoms with Gasteiger partial charge in [0.15, 0.2) is 5.78 Å². The molecule has 0 aromatic heterocycles. The highest BCUT2D eigenvalue weighted by Crippen LogP contribution is 2.36. The van der Waals surface area contributed by atoms with Crippen molar-refractivity contribution in [3.05, 3.63) is 71.5 Å². The van der Waals surface area contributed by atoms with Gasteiger partial charge in [0, 0.05) is 18.5 Å². The number of anilines is 1. The Kier molecular flexibility index (Phi) is 4.94. The number of nitrogens with two attached hydrogens (primary N) is 1. The van der Waals surface area contributed by atoms with Gasteiger partial charge in [-0.1, -0.05) is 44.2 Å². The topological polar surface area (TPSA) is 75.7 Å². The molecule has 0 spiro atoms. The number of nitrogen functional groups attached to an aromatic ring is 1. The van der Waals surface area contributed by atoms with Gasteiger partial charge in [-0.3, -0.25) is 9.79 Å². The summed E-state index contributed by atoms with van der Waals surface area (Å²) >= 11 is 0. The molecule has 3 N–H and O–H groups in total. The minimum absolute atomic E-state index is 0.0520. The summed E-state index contributed by atoms with van der Waals surface area (Å²) in [4.78, 5) is 17.4. The Morgan fingerprint density at radius 2 is 1.73 bits per heavy atom. The molecule has 0 aliphatic heterocycles. The maximum atomic E-state index is 12.8. The first kappa shape index (κ1) is 17.9. The lowest BCUT2D eigenvalue weighted by Crippen LogP contribution is -2.32. The highest BCUT2D eigenvalue weighted by atomic mass is 16.3. The van der Waals surface area contributed by atoms with Crippen LogP contribution in [0.3, 0.4) is 0 Å². The zero-order valence-electron chi connectivity index (χ0n) is 15.2. The SMILES string of the molecule is CC1(C)CC(=O)/C(=C(/O)Cc2ccccc2)C(=Nc2ccc(N)cc2)C1. The van der Waals surface area contributed by atoms with Gasteiger partial charge in [0.25, 0.3) is 0 Å². The molecule has 0 saturated heterocycles. The van der Waals surface area contributed by atoms with E-state index < -0.39 is 0 Å². The van der Waals surface area contributed by atoms with Gasteiger partial charge < -0.3 is 10.8 Å². The Bertz CT molecular complexity index is 863. The van der Waals surface area contributed by atoms with Crippen LogP contribution in [0.2, 0.25) is 0 Å². The smallest absolute Gasteiger partial charge is 0.168 e. The van der Waals surface area contributed by atoms with Crippen molar-refractivity contribution in [2.45, 2.75) is 33.1 Å². The second-order valence-electron chi connectivity index (χ2n) is 7.58. The number of carbonyl (C=O) groups is 1. The quantitative estimate of drug-likeness (QED) is 0.476. The summed E-state index contributed by atoms with van der Waals surface area (Å²) in [5, 5.41) is 10.7. The van der Waals surface area contributed by atoms with Gasteiger partial charge in [0.1, 0.15) is 5.76 Å². The van der Waals surface area contributed by atoms with Crippen LogP contribution in [0.4, 0.5) is 11.4 Å². The number of ketones is 1. The Morgan fingerprint density at radius 3 is 2.38 bits per heavy atom. The van der Waals surface area contributed by atoms with Crippen LogP contribution in [0.15, 0.2) is 70.9 Å². The van der Waals surface area contributed by atoms with Crippen LogP contribution in [0, 0.1) is 5.41 Å². The van der Waals surface area contributed by atoms with Crippen LogP contribution in [0.5, 0.6) is 0 Å². The Labute approximate surface area is 154 Å². The van der Waals surface area contributed by atoms with Crippen molar-refractivity contribution in [1.29, 1.82) is 0 Å². The molecule has 4 nitrogen and oxygen atoms in total. The summed E-state index contributed by atoms with van der Waals surface area (Å²) in [7, 11) is 0. The van der Waals surface area contributed by atoms with Crippen molar-refractivity contribution in [3.63, 3.8) is 0 Å². The zero-order valence-corrected chi connectivity index (χ0v) is 15.2. The van der Waals surface area contributed by atoms with Crippen LogP contribution in [0.1, 0.15) is 32.3 Å². The van der Waals surface area contributed by atoms with Crippen LogP contribution < -0.4 is 5.73 Å². The third kappa shape index (κ3) is 4.20. The average molecular weight is 348 g/mol. The zero-order chi connectivity index (χ0) is 18.7. The number of benzene rings is 2. The predicted octanol–water partition coefficient (Wildman–Crippen LogP) is 4.79. The van der Waals surface area contributed by atoms with E-state index in [4.69, 9.17) is 5.73 Å². The molecule has 0 bridgehead atoms. The highest BCUT2D eigenvalue weighted by molar-refractivity contribution is 6.25. The van der Waals surface area contributed by atoms with Crippen LogP contribution >= 0.6 is 0 Å². The summed E-state index contributed by atoms with van der Waals surface area (Å²) in [6.45, 7) is 4.10. The van der Waals surface area contributed by atoms with Gasteiger partial charge in [-0.2, -0.15) is 0 Å². The number of allylic oxidation sites excluding steroid dienone is 2. The van der Waals surface area contributed by atoms with E-state index in [9.17, 15) is 9.90 Å². The molecule has 2 aromatic carbocycles. The van der Waals surface area contributed by atoms with Gasteiger partial charge in [-0.05, 0) is 41.7 Å². The molecule has 0 unspecified atom stereocenters. The maximum absolute atomic E-state index is 12.8. The summed E-state index contributed by atoms with van der Waals surface area (Å²) in [5.41, 5.74) is 8.91. The molecule has 1 fully saturated rings. The molecule has 26 heavy (non-hydrogen) atoms. The largest absolute Gasteiger partial charge is 0.511 e. The lowest BCUT2D eigenvalue weighted by atomic mass is 9.73. The molecule has 0 heterocycles. The monoisotopic (exact) mass is 348 g/mol. The van der Waals surface area contributed by atoms with Crippen LogP contribution in [-0.2, 0) is 11.2 Å². The lowest BCUT2D eigenvalue weighted by Gasteiger charge is -2.31. The molecule has 3 rings (SSSR count). The normalized spacial score (nSPS) is 20.2. The Hall–Kier alpha value is -2.88. The van der Waals surface area contributed by atoms with Crippen molar-refractivity contribution >= 4 is 22.9 Å². The van der Waals surface area contributed by atoms with Gasteiger partial charge in [-0.25, -0.2) is 0 Å². The van der Waals surface area contributed by atoms with E-state index in [0.717, 1.165) is 11.3 Å². The molecule has 134 valence electrons. The molecule has 1 aliphatic carbocycles. The number of Topliss-reactive ketones (excluding diaryl/α,β-unsaturated/α-hetero) is 1. The number of aliphatic hydroxyl groups is 1. The summed E-state index contributed by atoms with van der Waals surface area (Å²) in [6, 6.07) is 16.8. The molecule has 0 amide bonds. The number of hydrogen-bond donors (Lipinski definition) is 2. The fourth-order valence-corrected chi connectivity index (χ4v) is 3.29. The molecule has 1 aliphatic rings. The third-order valence-electron chi connectivity index (χ3n) is 4.51. The number of carbonyl (C=O) groups excluding carboxylic acids is 1. The molecular weight excluding hydrogens is 324 g/mol. The predicted molar refractivity (Wildman–Crippen MR) is 106 cm³/mol. The summed E-state index contributed by atoms with van der Waals surface area (Å²) < 4.78 is 0. The fraction of sp³-hybridized carbons (Fsp3) is 0.273. The number of aliphatic imine (C=N–C) groups is 1. The van der Waals surface area contributed by atoms with E-state index in [2.05, 4.69) is 18.8 Å². The van der Waals surface area contributed by atoms with Crippen molar-refractivity contribution in [2.75, 3.05) is 5.73 Å². The number of hydrogen-bond acceptors (Lipinski definition) is 4. The van der Waals surface area contributed by atoms with Crippen LogP contribution in [-0.4, -0.2) is 16.6 Å². The minimum Gasteiger partial charge on any atom is -0.511 e. The Morgan fingerprint density at radius 1 is 1.08 bits per heavy atom. The molecule has 1 saturated carbocycles. The lowest BCUT2D eigenvalue weighted by molar-refractivity contribution is -0.117. The number of rotatable bonds is 3. The van der Waals surface area contributed by atoms with E-state index in [1.54, 1.807) is 12.1 Å². The third-order valence-corrected chi connectivity index (χ3v) is 4.51. The summed E-state index contributed by atoms with van der Waals surface area (Å²) in [5.74, 6) is 0.0368. The molecule has 2 aromatic rings. The number of nitrogens with zero attached hydrogens (tertiary/aromatic N) is 1. The first-order valence-corrected chi connectivity index (χ1v) is 8.77. The summed E-state index contributed by atoms with van der Waals surface area (Å²) in [6.07, 6.45) is 1.36. The molecule has 0 radical (unpaired) electrons. The van der Waals surface area contributed by atoms with E-state index in [1.807, 2.05) is 42.5 Å². The Balaban J connectivity index is 2.02. The van der Waals surface area contributed by atoms with Gasteiger partial charge in [-0.15, -0.1) is 0 Å². The molecule has 4 heteroatoms. The van der Waals surface area contributed by atoms with E-state index in [1.165, 1.54) is 0 Å². The van der Waals surface area contributed by atoms with Gasteiger partial charge in [0.05, 0.1) is 17.0 Å². The number of aliphatic hydroxyl groups excluding tert-OH is 1. The van der Waals surface area contributed by atoms with Gasteiger partial charge >= 0.3 is 0 Å². The standard InChI is InChI=1S/C22H24N2O2/c1-22(2)13-18(24-17-10-8-16(23)9-11-17)21(20(26)14-22)19(25)12-15-6-4-3-5-7-15/h3-11,25H,12-14,23H2,1-2H3/b21-19+,24-18?. The van der Waals surface area contributed by atoms with Crippen molar-refractivity contribution in [1.82, 2.24) is 0 Å². The van der Waals surface area contributed by atoms with E-state index in [-0.39, 0.29) is 17.0 Å².